The van der Waals surface area contributed by atoms with E-state index in [0.29, 0.717) is 46.2 Å². The first kappa shape index (κ1) is 23.3. The molecule has 4 rings (SSSR count). The Labute approximate surface area is 198 Å². The molecule has 1 aliphatic rings. The molecule has 2 heterocycles. The Bertz CT molecular complexity index is 1220. The van der Waals surface area contributed by atoms with E-state index in [1.54, 1.807) is 62.6 Å². The summed E-state index contributed by atoms with van der Waals surface area (Å²) in [5.74, 6) is 1.56. The SMILES string of the molecule is CN(C)C(=O)c1ccc(Oc2cc(C(=O)Nc3ccc(CO)cn3)cc3c2CC(C)(C)O3)cc1. The second-order valence-electron chi connectivity index (χ2n) is 8.98. The number of ether oxygens (including phenoxy) is 2. The monoisotopic (exact) mass is 461 g/mol. The van der Waals surface area contributed by atoms with E-state index in [9.17, 15) is 9.59 Å². The molecule has 1 aliphatic heterocycles. The Kier molecular flexibility index (Phi) is 6.26. The number of aliphatic hydroxyl groups excluding tert-OH is 1. The zero-order chi connectivity index (χ0) is 24.5. The third-order valence-corrected chi connectivity index (χ3v) is 5.40. The Morgan fingerprint density at radius 3 is 2.47 bits per heavy atom. The molecule has 2 aromatic carbocycles. The molecule has 3 aromatic rings. The summed E-state index contributed by atoms with van der Waals surface area (Å²) in [6.07, 6.45) is 2.13. The highest BCUT2D eigenvalue weighted by molar-refractivity contribution is 6.04. The van der Waals surface area contributed by atoms with Gasteiger partial charge in [-0.3, -0.25) is 9.59 Å². The van der Waals surface area contributed by atoms with Gasteiger partial charge in [0.25, 0.3) is 11.8 Å². The van der Waals surface area contributed by atoms with Crippen LogP contribution in [-0.4, -0.2) is 46.5 Å². The van der Waals surface area contributed by atoms with Crippen LogP contribution in [0.5, 0.6) is 17.2 Å². The predicted octanol–water partition coefficient (Wildman–Crippen LogP) is 4.03. The smallest absolute Gasteiger partial charge is 0.257 e. The van der Waals surface area contributed by atoms with E-state index in [1.165, 1.54) is 11.1 Å². The average Bonchev–Trinajstić information content (AvgIpc) is 3.13. The first-order valence-electron chi connectivity index (χ1n) is 10.9. The lowest BCUT2D eigenvalue weighted by Gasteiger charge is -2.16. The van der Waals surface area contributed by atoms with E-state index in [-0.39, 0.29) is 18.4 Å². The topological polar surface area (TPSA) is 101 Å². The quantitative estimate of drug-likeness (QED) is 0.575. The summed E-state index contributed by atoms with van der Waals surface area (Å²) in [7, 11) is 3.40. The number of aromatic nitrogens is 1. The van der Waals surface area contributed by atoms with Gasteiger partial charge in [0.2, 0.25) is 0 Å². The maximum absolute atomic E-state index is 13.0. The summed E-state index contributed by atoms with van der Waals surface area (Å²) in [5.41, 5.74) is 2.01. The fourth-order valence-corrected chi connectivity index (χ4v) is 3.70. The van der Waals surface area contributed by atoms with E-state index in [2.05, 4.69) is 10.3 Å². The summed E-state index contributed by atoms with van der Waals surface area (Å²) in [6.45, 7) is 3.83. The van der Waals surface area contributed by atoms with E-state index >= 15 is 0 Å². The van der Waals surface area contributed by atoms with Gasteiger partial charge < -0.3 is 24.8 Å². The number of hydrogen-bond donors (Lipinski definition) is 2. The minimum absolute atomic E-state index is 0.0955. The predicted molar refractivity (Wildman–Crippen MR) is 127 cm³/mol. The van der Waals surface area contributed by atoms with Crippen molar-refractivity contribution >= 4 is 17.6 Å². The van der Waals surface area contributed by atoms with E-state index < -0.39 is 5.60 Å². The number of anilines is 1. The van der Waals surface area contributed by atoms with Gasteiger partial charge in [0.1, 0.15) is 28.7 Å². The molecule has 1 aromatic heterocycles. The number of carbonyl (C=O) groups is 2. The van der Waals surface area contributed by atoms with Crippen molar-refractivity contribution in [2.45, 2.75) is 32.5 Å². The van der Waals surface area contributed by atoms with Crippen LogP contribution < -0.4 is 14.8 Å². The fraction of sp³-hybridized carbons (Fsp3) is 0.269. The van der Waals surface area contributed by atoms with Crippen LogP contribution in [0.4, 0.5) is 5.82 Å². The number of benzene rings is 2. The lowest BCUT2D eigenvalue weighted by Crippen LogP contribution is -2.24. The van der Waals surface area contributed by atoms with Crippen molar-refractivity contribution in [1.82, 2.24) is 9.88 Å². The molecular formula is C26H27N3O5. The van der Waals surface area contributed by atoms with Gasteiger partial charge in [-0.25, -0.2) is 4.98 Å². The normalized spacial score (nSPS) is 13.6. The number of pyridine rings is 1. The number of fused-ring (bicyclic) bond motifs is 1. The van der Waals surface area contributed by atoms with Gasteiger partial charge in [0, 0.05) is 43.4 Å². The van der Waals surface area contributed by atoms with Crippen LogP contribution in [0.2, 0.25) is 0 Å². The number of nitrogens with zero attached hydrogens (tertiary/aromatic N) is 2. The molecule has 0 aliphatic carbocycles. The largest absolute Gasteiger partial charge is 0.487 e. The Morgan fingerprint density at radius 1 is 1.12 bits per heavy atom. The Hall–Kier alpha value is -3.91. The van der Waals surface area contributed by atoms with Crippen LogP contribution in [-0.2, 0) is 13.0 Å². The molecule has 0 radical (unpaired) electrons. The third kappa shape index (κ3) is 5.02. The number of carbonyl (C=O) groups excluding carboxylic acids is 2. The lowest BCUT2D eigenvalue weighted by atomic mass is 9.99. The van der Waals surface area contributed by atoms with Gasteiger partial charge in [-0.1, -0.05) is 6.07 Å². The molecule has 2 N–H and O–H groups in total. The molecule has 34 heavy (non-hydrogen) atoms. The zero-order valence-corrected chi connectivity index (χ0v) is 19.6. The highest BCUT2D eigenvalue weighted by Crippen LogP contribution is 2.43. The second-order valence-corrected chi connectivity index (χ2v) is 8.98. The minimum atomic E-state index is -0.431. The van der Waals surface area contributed by atoms with Gasteiger partial charge in [0.15, 0.2) is 0 Å². The van der Waals surface area contributed by atoms with Crippen LogP contribution in [0, 0.1) is 0 Å². The van der Waals surface area contributed by atoms with E-state index in [4.69, 9.17) is 14.6 Å². The molecule has 176 valence electrons. The summed E-state index contributed by atoms with van der Waals surface area (Å²) < 4.78 is 12.2. The van der Waals surface area contributed by atoms with Crippen molar-refractivity contribution in [3.05, 3.63) is 77.0 Å². The highest BCUT2D eigenvalue weighted by Gasteiger charge is 2.34. The van der Waals surface area contributed by atoms with Crippen molar-refractivity contribution in [1.29, 1.82) is 0 Å². The molecule has 0 bridgehead atoms. The third-order valence-electron chi connectivity index (χ3n) is 5.40. The number of amides is 2. The van der Waals surface area contributed by atoms with Crippen molar-refractivity contribution < 1.29 is 24.2 Å². The summed E-state index contributed by atoms with van der Waals surface area (Å²) in [6, 6.07) is 13.6. The van der Waals surface area contributed by atoms with Crippen LogP contribution in [0.15, 0.2) is 54.7 Å². The molecule has 0 fully saturated rings. The summed E-state index contributed by atoms with van der Waals surface area (Å²) >= 11 is 0. The van der Waals surface area contributed by atoms with E-state index in [1.807, 2.05) is 13.8 Å². The maximum atomic E-state index is 13.0. The standard InChI is InChI=1S/C26H27N3O5/c1-26(2)13-20-21(33-19-8-6-17(7-9-19)25(32)29(3)4)11-18(12-22(20)34-26)24(31)28-23-10-5-16(15-30)14-27-23/h5-12,14,30H,13,15H2,1-4H3,(H,27,28,31). The molecule has 2 amide bonds. The summed E-state index contributed by atoms with van der Waals surface area (Å²) in [4.78, 5) is 30.8. The molecule has 0 saturated carbocycles. The van der Waals surface area contributed by atoms with E-state index in [0.717, 1.165) is 5.56 Å². The first-order chi connectivity index (χ1) is 16.1. The molecule has 8 nitrogen and oxygen atoms in total. The average molecular weight is 462 g/mol. The highest BCUT2D eigenvalue weighted by atomic mass is 16.5. The number of aliphatic hydroxyl groups is 1. The Balaban J connectivity index is 1.61. The van der Waals surface area contributed by atoms with Crippen LogP contribution in [0.3, 0.4) is 0 Å². The lowest BCUT2D eigenvalue weighted by molar-refractivity contribution is 0.0827. The van der Waals surface area contributed by atoms with Crippen molar-refractivity contribution in [2.75, 3.05) is 19.4 Å². The summed E-state index contributed by atoms with van der Waals surface area (Å²) in [5, 5.41) is 11.9. The van der Waals surface area contributed by atoms with Gasteiger partial charge in [-0.15, -0.1) is 0 Å². The van der Waals surface area contributed by atoms with Crippen molar-refractivity contribution in [3.8, 4) is 17.2 Å². The van der Waals surface area contributed by atoms with Gasteiger partial charge >= 0.3 is 0 Å². The van der Waals surface area contributed by atoms with Gasteiger partial charge in [-0.2, -0.15) is 0 Å². The molecule has 0 saturated heterocycles. The van der Waals surface area contributed by atoms with Crippen LogP contribution in [0.1, 0.15) is 45.7 Å². The van der Waals surface area contributed by atoms with Crippen molar-refractivity contribution in [2.24, 2.45) is 0 Å². The van der Waals surface area contributed by atoms with Crippen LogP contribution >= 0.6 is 0 Å². The maximum Gasteiger partial charge on any atom is 0.257 e. The molecule has 0 spiro atoms. The number of nitrogens with one attached hydrogen (secondary N) is 1. The number of hydrogen-bond acceptors (Lipinski definition) is 6. The molecule has 8 heteroatoms. The number of rotatable bonds is 6. The van der Waals surface area contributed by atoms with Gasteiger partial charge in [0.05, 0.1) is 6.61 Å². The molecular weight excluding hydrogens is 434 g/mol. The minimum Gasteiger partial charge on any atom is -0.487 e. The second kappa shape index (κ2) is 9.15. The first-order valence-corrected chi connectivity index (χ1v) is 10.9. The zero-order valence-electron chi connectivity index (χ0n) is 19.6. The van der Waals surface area contributed by atoms with Crippen LogP contribution in [0.25, 0.3) is 0 Å². The van der Waals surface area contributed by atoms with Gasteiger partial charge in [-0.05, 0) is 61.9 Å². The van der Waals surface area contributed by atoms with Crippen molar-refractivity contribution in [3.63, 3.8) is 0 Å². The Morgan fingerprint density at radius 2 is 1.85 bits per heavy atom. The fourth-order valence-electron chi connectivity index (χ4n) is 3.70. The molecule has 0 atom stereocenters. The molecule has 0 unspecified atom stereocenters.